The van der Waals surface area contributed by atoms with E-state index >= 15 is 0 Å². The summed E-state index contributed by atoms with van der Waals surface area (Å²) in [7, 11) is 0. The second-order valence-electron chi connectivity index (χ2n) is 7.02. The number of pyridine rings is 1. The van der Waals surface area contributed by atoms with Crippen molar-refractivity contribution in [3.8, 4) is 5.75 Å². The molecule has 0 spiro atoms. The van der Waals surface area contributed by atoms with Crippen molar-refractivity contribution in [2.24, 2.45) is 5.92 Å². The molecule has 0 bridgehead atoms. The van der Waals surface area contributed by atoms with Crippen LogP contribution < -0.4 is 9.64 Å². The molecule has 0 fully saturated rings. The van der Waals surface area contributed by atoms with Crippen molar-refractivity contribution >= 4 is 5.82 Å². The lowest BCUT2D eigenvalue weighted by Gasteiger charge is -2.24. The van der Waals surface area contributed by atoms with Gasteiger partial charge < -0.3 is 9.64 Å². The molecule has 0 atom stereocenters. The zero-order chi connectivity index (χ0) is 19.1. The van der Waals surface area contributed by atoms with Crippen molar-refractivity contribution in [2.45, 2.75) is 26.9 Å². The zero-order valence-electron chi connectivity index (χ0n) is 15.8. The van der Waals surface area contributed by atoms with Gasteiger partial charge >= 0.3 is 0 Å². The Morgan fingerprint density at radius 1 is 0.889 bits per heavy atom. The molecular weight excluding hydrogens is 339 g/mol. The molecule has 3 nitrogen and oxygen atoms in total. The number of halogens is 1. The number of nitrogens with zero attached hydrogens (tertiary/aromatic N) is 2. The smallest absolute Gasteiger partial charge is 0.129 e. The van der Waals surface area contributed by atoms with Crippen LogP contribution in [0, 0.1) is 11.7 Å². The second-order valence-corrected chi connectivity index (χ2v) is 7.02. The van der Waals surface area contributed by atoms with Crippen LogP contribution in [0.25, 0.3) is 0 Å². The molecule has 3 aromatic rings. The molecular formula is C23H25FN2O. The Morgan fingerprint density at radius 3 is 2.07 bits per heavy atom. The van der Waals surface area contributed by atoms with E-state index in [4.69, 9.17) is 4.74 Å². The maximum Gasteiger partial charge on any atom is 0.129 e. The number of hydrogen-bond acceptors (Lipinski definition) is 3. The minimum absolute atomic E-state index is 0.222. The molecule has 4 heteroatoms. The minimum Gasteiger partial charge on any atom is -0.493 e. The van der Waals surface area contributed by atoms with Crippen LogP contribution in [0.1, 0.15) is 25.0 Å². The average molecular weight is 364 g/mol. The van der Waals surface area contributed by atoms with Gasteiger partial charge in [0.05, 0.1) is 6.61 Å². The van der Waals surface area contributed by atoms with Gasteiger partial charge in [0.15, 0.2) is 0 Å². The van der Waals surface area contributed by atoms with E-state index < -0.39 is 0 Å². The maximum atomic E-state index is 13.2. The van der Waals surface area contributed by atoms with E-state index in [2.05, 4.69) is 35.9 Å². The molecule has 27 heavy (non-hydrogen) atoms. The van der Waals surface area contributed by atoms with E-state index in [1.807, 2.05) is 42.5 Å². The van der Waals surface area contributed by atoms with Gasteiger partial charge in [-0.3, -0.25) is 0 Å². The molecule has 1 heterocycles. The fraction of sp³-hybridized carbons (Fsp3) is 0.261. The summed E-state index contributed by atoms with van der Waals surface area (Å²) < 4.78 is 19.0. The Labute approximate surface area is 160 Å². The topological polar surface area (TPSA) is 25.4 Å². The van der Waals surface area contributed by atoms with Gasteiger partial charge in [0, 0.05) is 19.3 Å². The van der Waals surface area contributed by atoms with Crippen LogP contribution in [0.4, 0.5) is 10.2 Å². The highest BCUT2D eigenvalue weighted by Crippen LogP contribution is 2.20. The summed E-state index contributed by atoms with van der Waals surface area (Å²) in [4.78, 5) is 6.66. The molecule has 0 aliphatic carbocycles. The first-order valence-corrected chi connectivity index (χ1v) is 9.22. The lowest BCUT2D eigenvalue weighted by Crippen LogP contribution is -2.23. The van der Waals surface area contributed by atoms with Crippen LogP contribution in [0.3, 0.4) is 0 Å². The Bertz CT molecular complexity index is 817. The van der Waals surface area contributed by atoms with E-state index in [0.29, 0.717) is 25.6 Å². The van der Waals surface area contributed by atoms with E-state index in [-0.39, 0.29) is 5.82 Å². The summed E-state index contributed by atoms with van der Waals surface area (Å²) in [5, 5.41) is 0. The lowest BCUT2D eigenvalue weighted by molar-refractivity contribution is 0.271. The molecule has 0 N–H and O–H groups in total. The normalized spacial score (nSPS) is 10.8. The highest BCUT2D eigenvalue weighted by molar-refractivity contribution is 5.41. The molecule has 0 unspecified atom stereocenters. The van der Waals surface area contributed by atoms with Crippen LogP contribution in [0.15, 0.2) is 72.9 Å². The van der Waals surface area contributed by atoms with Crippen molar-refractivity contribution in [2.75, 3.05) is 11.5 Å². The highest BCUT2D eigenvalue weighted by atomic mass is 19.1. The standard InChI is InChI=1S/C23H25FN2O/c1-18(2)17-27-22-12-8-20(9-13-22)16-26(23-5-3-4-14-25-23)15-19-6-10-21(24)11-7-19/h3-14,18H,15-17H2,1-2H3. The molecule has 0 aliphatic heterocycles. The number of hydrogen-bond donors (Lipinski definition) is 0. The molecule has 1 aromatic heterocycles. The summed E-state index contributed by atoms with van der Waals surface area (Å²) >= 11 is 0. The number of rotatable bonds is 8. The van der Waals surface area contributed by atoms with Gasteiger partial charge in [0.1, 0.15) is 17.4 Å². The number of aromatic nitrogens is 1. The summed E-state index contributed by atoms with van der Waals surface area (Å²) in [6.07, 6.45) is 1.79. The first-order chi connectivity index (χ1) is 13.1. The zero-order valence-corrected chi connectivity index (χ0v) is 15.8. The van der Waals surface area contributed by atoms with Crippen molar-refractivity contribution in [3.63, 3.8) is 0 Å². The van der Waals surface area contributed by atoms with Gasteiger partial charge in [-0.25, -0.2) is 9.37 Å². The minimum atomic E-state index is -0.222. The monoisotopic (exact) mass is 364 g/mol. The highest BCUT2D eigenvalue weighted by Gasteiger charge is 2.10. The van der Waals surface area contributed by atoms with Crippen molar-refractivity contribution in [1.82, 2.24) is 4.98 Å². The SMILES string of the molecule is CC(C)COc1ccc(CN(Cc2ccc(F)cc2)c2ccccn2)cc1. The van der Waals surface area contributed by atoms with Gasteiger partial charge in [-0.2, -0.15) is 0 Å². The number of benzene rings is 2. The molecule has 0 saturated heterocycles. The fourth-order valence-electron chi connectivity index (χ4n) is 2.74. The lowest BCUT2D eigenvalue weighted by atomic mass is 10.1. The van der Waals surface area contributed by atoms with E-state index in [1.165, 1.54) is 17.7 Å². The first-order valence-electron chi connectivity index (χ1n) is 9.22. The van der Waals surface area contributed by atoms with E-state index in [9.17, 15) is 4.39 Å². The van der Waals surface area contributed by atoms with Crippen LogP contribution in [0.5, 0.6) is 5.75 Å². The molecule has 0 saturated carbocycles. The van der Waals surface area contributed by atoms with Gasteiger partial charge in [-0.1, -0.05) is 44.2 Å². The summed E-state index contributed by atoms with van der Waals surface area (Å²) in [5.41, 5.74) is 2.21. The number of anilines is 1. The van der Waals surface area contributed by atoms with Gasteiger partial charge in [0.2, 0.25) is 0 Å². The Kier molecular flexibility index (Phi) is 6.42. The predicted octanol–water partition coefficient (Wildman–Crippen LogP) is 5.46. The molecule has 0 radical (unpaired) electrons. The molecule has 140 valence electrons. The van der Waals surface area contributed by atoms with E-state index in [1.54, 1.807) is 6.20 Å². The Hall–Kier alpha value is -2.88. The third-order valence-corrected chi connectivity index (χ3v) is 4.14. The molecule has 0 amide bonds. The van der Waals surface area contributed by atoms with Crippen molar-refractivity contribution in [3.05, 3.63) is 89.9 Å². The van der Waals surface area contributed by atoms with Crippen molar-refractivity contribution < 1.29 is 9.13 Å². The van der Waals surface area contributed by atoms with Gasteiger partial charge in [0.25, 0.3) is 0 Å². The van der Waals surface area contributed by atoms with Gasteiger partial charge in [-0.05, 0) is 53.4 Å². The van der Waals surface area contributed by atoms with Crippen LogP contribution in [-0.4, -0.2) is 11.6 Å². The van der Waals surface area contributed by atoms with Crippen LogP contribution >= 0.6 is 0 Å². The maximum absolute atomic E-state index is 13.2. The van der Waals surface area contributed by atoms with Crippen LogP contribution in [-0.2, 0) is 13.1 Å². The average Bonchev–Trinajstić information content (AvgIpc) is 2.69. The van der Waals surface area contributed by atoms with Crippen molar-refractivity contribution in [1.29, 1.82) is 0 Å². The predicted molar refractivity (Wildman–Crippen MR) is 107 cm³/mol. The molecule has 2 aromatic carbocycles. The third kappa shape index (κ3) is 5.81. The summed E-state index contributed by atoms with van der Waals surface area (Å²) in [6, 6.07) is 20.7. The van der Waals surface area contributed by atoms with E-state index in [0.717, 1.165) is 17.1 Å². The second kappa shape index (κ2) is 9.17. The molecule has 0 aliphatic rings. The number of ether oxygens (including phenoxy) is 1. The first kappa shape index (κ1) is 18.9. The summed E-state index contributed by atoms with van der Waals surface area (Å²) in [5.74, 6) is 2.05. The quantitative estimate of drug-likeness (QED) is 0.530. The third-order valence-electron chi connectivity index (χ3n) is 4.14. The van der Waals surface area contributed by atoms with Gasteiger partial charge in [-0.15, -0.1) is 0 Å². The Balaban J connectivity index is 1.74. The van der Waals surface area contributed by atoms with Crippen LogP contribution in [0.2, 0.25) is 0 Å². The fourth-order valence-corrected chi connectivity index (χ4v) is 2.74. The Morgan fingerprint density at radius 2 is 1.52 bits per heavy atom. The molecule has 3 rings (SSSR count). The largest absolute Gasteiger partial charge is 0.493 e. The summed E-state index contributed by atoms with van der Waals surface area (Å²) in [6.45, 7) is 6.34.